The second kappa shape index (κ2) is 9.52. The summed E-state index contributed by atoms with van der Waals surface area (Å²) < 4.78 is 43.5. The first-order valence-corrected chi connectivity index (χ1v) is 13.1. The maximum Gasteiger partial charge on any atom is 0.279 e. The molecule has 0 saturated heterocycles. The summed E-state index contributed by atoms with van der Waals surface area (Å²) in [5, 5.41) is 0. The Bertz CT molecular complexity index is 1520. The molecule has 0 bridgehead atoms. The highest BCUT2D eigenvalue weighted by atomic mass is 32.2. The van der Waals surface area contributed by atoms with E-state index >= 15 is 0 Å². The number of fused-ring (bicyclic) bond motifs is 1. The van der Waals surface area contributed by atoms with Gasteiger partial charge in [-0.2, -0.15) is 4.99 Å². The molecule has 0 atom stereocenters. The predicted molar refractivity (Wildman–Crippen MR) is 133 cm³/mol. The van der Waals surface area contributed by atoms with Crippen molar-refractivity contribution in [2.24, 2.45) is 4.99 Å². The van der Waals surface area contributed by atoms with Crippen molar-refractivity contribution in [1.29, 1.82) is 0 Å². The van der Waals surface area contributed by atoms with Crippen molar-refractivity contribution in [2.75, 3.05) is 4.72 Å². The number of aromatic nitrogens is 1. The fraction of sp³-hybridized carbons (Fsp3) is 0.200. The number of hydrogen-bond acceptors (Lipinski definition) is 4. The van der Waals surface area contributed by atoms with E-state index in [1.54, 1.807) is 0 Å². The van der Waals surface area contributed by atoms with E-state index in [0.29, 0.717) is 22.8 Å². The minimum Gasteiger partial charge on any atom is -0.317 e. The number of thiazole rings is 1. The van der Waals surface area contributed by atoms with Crippen molar-refractivity contribution in [3.63, 3.8) is 0 Å². The zero-order valence-corrected chi connectivity index (χ0v) is 20.6. The number of benzene rings is 3. The van der Waals surface area contributed by atoms with Crippen LogP contribution in [-0.2, 0) is 16.6 Å². The van der Waals surface area contributed by atoms with Crippen LogP contribution < -0.4 is 9.52 Å². The number of nitrogens with one attached hydrogen (secondary N) is 1. The molecule has 0 spiro atoms. The topological polar surface area (TPSA) is 80.5 Å². The summed E-state index contributed by atoms with van der Waals surface area (Å²) >= 11 is 1.47. The minimum atomic E-state index is -3.87. The average molecular weight is 498 g/mol. The first kappa shape index (κ1) is 23.8. The zero-order chi connectivity index (χ0) is 24.5. The van der Waals surface area contributed by atoms with Crippen LogP contribution in [0.4, 0.5) is 10.1 Å². The Morgan fingerprint density at radius 1 is 1.06 bits per heavy atom. The summed E-state index contributed by atoms with van der Waals surface area (Å²) in [7, 11) is -3.87. The standard InChI is InChI=1S/C25H24FN3O3S2/c1-4-29-22-14-7-18(16(2)3)15-23(22)33-25(29)27-24(30)17-5-10-20(11-6-17)28-34(31,32)21-12-8-19(26)9-13-21/h5-16,28H,4H2,1-3H3. The molecule has 6 nitrogen and oxygen atoms in total. The van der Waals surface area contributed by atoms with Crippen LogP contribution in [0, 0.1) is 5.82 Å². The number of sulfonamides is 1. The molecular formula is C25H24FN3O3S2. The van der Waals surface area contributed by atoms with E-state index in [-0.39, 0.29) is 10.6 Å². The van der Waals surface area contributed by atoms with Crippen LogP contribution in [0.5, 0.6) is 0 Å². The highest BCUT2D eigenvalue weighted by molar-refractivity contribution is 7.92. The smallest absolute Gasteiger partial charge is 0.279 e. The molecule has 1 aromatic heterocycles. The third-order valence-electron chi connectivity index (χ3n) is 5.39. The van der Waals surface area contributed by atoms with Crippen molar-refractivity contribution >= 4 is 43.2 Å². The molecule has 34 heavy (non-hydrogen) atoms. The summed E-state index contributed by atoms with van der Waals surface area (Å²) in [6.45, 7) is 6.97. The van der Waals surface area contributed by atoms with Crippen LogP contribution in [0.1, 0.15) is 42.6 Å². The van der Waals surface area contributed by atoms with Gasteiger partial charge < -0.3 is 4.57 Å². The van der Waals surface area contributed by atoms with Crippen molar-refractivity contribution in [3.8, 4) is 0 Å². The van der Waals surface area contributed by atoms with Gasteiger partial charge in [-0.1, -0.05) is 31.3 Å². The molecule has 3 aromatic carbocycles. The normalized spacial score (nSPS) is 12.4. The lowest BCUT2D eigenvalue weighted by Crippen LogP contribution is -2.16. The quantitative estimate of drug-likeness (QED) is 0.381. The maximum atomic E-state index is 13.1. The highest BCUT2D eigenvalue weighted by Gasteiger charge is 2.15. The van der Waals surface area contributed by atoms with Crippen molar-refractivity contribution in [1.82, 2.24) is 4.57 Å². The Hall–Kier alpha value is -3.30. The highest BCUT2D eigenvalue weighted by Crippen LogP contribution is 2.24. The van der Waals surface area contributed by atoms with Gasteiger partial charge >= 0.3 is 0 Å². The summed E-state index contributed by atoms with van der Waals surface area (Å²) in [6.07, 6.45) is 0. The van der Waals surface area contributed by atoms with E-state index in [0.717, 1.165) is 22.3 Å². The van der Waals surface area contributed by atoms with Crippen LogP contribution in [0.15, 0.2) is 76.6 Å². The van der Waals surface area contributed by atoms with Gasteiger partial charge in [0.05, 0.1) is 15.1 Å². The van der Waals surface area contributed by atoms with Gasteiger partial charge in [-0.05, 0) is 79.1 Å². The second-order valence-electron chi connectivity index (χ2n) is 8.06. The molecule has 1 amide bonds. The number of carbonyl (C=O) groups excluding carboxylic acids is 1. The molecule has 0 aliphatic rings. The molecular weight excluding hydrogens is 473 g/mol. The minimum absolute atomic E-state index is 0.0569. The van der Waals surface area contributed by atoms with Gasteiger partial charge in [0.1, 0.15) is 5.82 Å². The Morgan fingerprint density at radius 3 is 2.35 bits per heavy atom. The van der Waals surface area contributed by atoms with E-state index in [9.17, 15) is 17.6 Å². The molecule has 0 radical (unpaired) electrons. The fourth-order valence-corrected chi connectivity index (χ4v) is 5.70. The molecule has 1 heterocycles. The zero-order valence-electron chi connectivity index (χ0n) is 18.9. The summed E-state index contributed by atoms with van der Waals surface area (Å²) in [6, 6.07) is 16.9. The Morgan fingerprint density at radius 2 is 1.74 bits per heavy atom. The fourth-order valence-electron chi connectivity index (χ4n) is 3.50. The lowest BCUT2D eigenvalue weighted by atomic mass is 10.0. The number of nitrogens with zero attached hydrogens (tertiary/aromatic N) is 2. The molecule has 0 fully saturated rings. The SMILES string of the molecule is CCn1c(=NC(=O)c2ccc(NS(=O)(=O)c3ccc(F)cc3)cc2)sc2cc(C(C)C)ccc21. The van der Waals surface area contributed by atoms with Crippen LogP contribution in [0.3, 0.4) is 0 Å². The van der Waals surface area contributed by atoms with Crippen LogP contribution in [-0.4, -0.2) is 18.9 Å². The van der Waals surface area contributed by atoms with E-state index in [1.165, 1.54) is 53.3 Å². The predicted octanol–water partition coefficient (Wildman–Crippen LogP) is 5.53. The third kappa shape index (κ3) is 4.95. The van der Waals surface area contributed by atoms with Gasteiger partial charge in [0.15, 0.2) is 4.80 Å². The largest absolute Gasteiger partial charge is 0.317 e. The van der Waals surface area contributed by atoms with E-state index < -0.39 is 21.7 Å². The first-order valence-electron chi connectivity index (χ1n) is 10.8. The molecule has 0 unspecified atom stereocenters. The van der Waals surface area contributed by atoms with Gasteiger partial charge in [-0.15, -0.1) is 0 Å². The van der Waals surface area contributed by atoms with Crippen LogP contribution in [0.2, 0.25) is 0 Å². The number of aryl methyl sites for hydroxylation is 1. The second-order valence-corrected chi connectivity index (χ2v) is 10.8. The number of anilines is 1. The molecule has 176 valence electrons. The molecule has 0 aliphatic heterocycles. The van der Waals surface area contributed by atoms with Crippen molar-refractivity contribution in [2.45, 2.75) is 38.1 Å². The van der Waals surface area contributed by atoms with Crippen molar-refractivity contribution < 1.29 is 17.6 Å². The number of halogens is 1. The van der Waals surface area contributed by atoms with Gasteiger partial charge in [0.25, 0.3) is 15.9 Å². The maximum absolute atomic E-state index is 13.1. The van der Waals surface area contributed by atoms with Crippen LogP contribution >= 0.6 is 11.3 Å². The van der Waals surface area contributed by atoms with E-state index in [4.69, 9.17) is 0 Å². The molecule has 0 aliphatic carbocycles. The van der Waals surface area contributed by atoms with E-state index in [1.807, 2.05) is 11.5 Å². The molecule has 9 heteroatoms. The summed E-state index contributed by atoms with van der Waals surface area (Å²) in [5.41, 5.74) is 2.89. The molecule has 4 rings (SSSR count). The van der Waals surface area contributed by atoms with Gasteiger partial charge in [-0.25, -0.2) is 12.8 Å². The molecule has 4 aromatic rings. The summed E-state index contributed by atoms with van der Waals surface area (Å²) in [5.74, 6) is -0.526. The monoisotopic (exact) mass is 497 g/mol. The lowest BCUT2D eigenvalue weighted by molar-refractivity contribution is 0.0998. The van der Waals surface area contributed by atoms with Gasteiger partial charge in [-0.3, -0.25) is 9.52 Å². The van der Waals surface area contributed by atoms with Gasteiger partial charge in [0, 0.05) is 17.8 Å². The van der Waals surface area contributed by atoms with Crippen molar-refractivity contribution in [3.05, 3.63) is 88.5 Å². The van der Waals surface area contributed by atoms with Crippen LogP contribution in [0.25, 0.3) is 10.2 Å². The first-order chi connectivity index (χ1) is 16.2. The molecule has 1 N–H and O–H groups in total. The number of hydrogen-bond donors (Lipinski definition) is 1. The summed E-state index contributed by atoms with van der Waals surface area (Å²) in [4.78, 5) is 17.7. The number of rotatable bonds is 6. The molecule has 0 saturated carbocycles. The average Bonchev–Trinajstić information content (AvgIpc) is 3.15. The Balaban J connectivity index is 1.59. The lowest BCUT2D eigenvalue weighted by Gasteiger charge is -2.08. The third-order valence-corrected chi connectivity index (χ3v) is 7.83. The Kier molecular flexibility index (Phi) is 6.67. The number of carbonyl (C=O) groups is 1. The van der Waals surface area contributed by atoms with E-state index in [2.05, 4.69) is 41.8 Å². The Labute approximate surface area is 201 Å². The van der Waals surface area contributed by atoms with Gasteiger partial charge in [0.2, 0.25) is 0 Å². The number of amides is 1.